The number of anilines is 1. The van der Waals surface area contributed by atoms with E-state index < -0.39 is 0 Å². The molecular formula is C19H24N4O2. The average Bonchev–Trinajstić information content (AvgIpc) is 3.02. The number of nitrogens with zero attached hydrogens (tertiary/aromatic N) is 2. The number of carbonyl (C=O) groups is 2. The number of fused-ring (bicyclic) bond motifs is 1. The van der Waals surface area contributed by atoms with Gasteiger partial charge in [-0.05, 0) is 44.7 Å². The van der Waals surface area contributed by atoms with Crippen molar-refractivity contribution >= 4 is 17.5 Å². The lowest BCUT2D eigenvalue weighted by Gasteiger charge is -2.18. The third-order valence-electron chi connectivity index (χ3n) is 4.56. The van der Waals surface area contributed by atoms with Gasteiger partial charge in [-0.1, -0.05) is 25.1 Å². The Labute approximate surface area is 147 Å². The molecule has 0 fully saturated rings. The van der Waals surface area contributed by atoms with Gasteiger partial charge in [-0.15, -0.1) is 0 Å². The van der Waals surface area contributed by atoms with Crippen molar-refractivity contribution in [2.24, 2.45) is 0 Å². The maximum absolute atomic E-state index is 12.7. The third-order valence-corrected chi connectivity index (χ3v) is 4.56. The van der Waals surface area contributed by atoms with Crippen molar-refractivity contribution in [2.75, 3.05) is 5.32 Å². The second kappa shape index (κ2) is 7.51. The van der Waals surface area contributed by atoms with E-state index in [1.54, 1.807) is 0 Å². The van der Waals surface area contributed by atoms with Crippen LogP contribution in [-0.2, 0) is 13.0 Å². The molecular weight excluding hydrogens is 316 g/mol. The van der Waals surface area contributed by atoms with Gasteiger partial charge in [-0.3, -0.25) is 9.59 Å². The van der Waals surface area contributed by atoms with Crippen LogP contribution in [0.2, 0.25) is 0 Å². The molecule has 3 rings (SSSR count). The van der Waals surface area contributed by atoms with Crippen LogP contribution < -0.4 is 10.6 Å². The molecule has 0 radical (unpaired) electrons. The molecule has 0 bridgehead atoms. The van der Waals surface area contributed by atoms with Gasteiger partial charge in [0.15, 0.2) is 11.5 Å². The summed E-state index contributed by atoms with van der Waals surface area (Å²) in [5.41, 5.74) is 1.93. The van der Waals surface area contributed by atoms with E-state index in [1.165, 1.54) is 0 Å². The van der Waals surface area contributed by atoms with Crippen molar-refractivity contribution < 1.29 is 9.59 Å². The molecule has 0 spiro atoms. The van der Waals surface area contributed by atoms with Crippen LogP contribution in [0.15, 0.2) is 30.3 Å². The monoisotopic (exact) mass is 340 g/mol. The molecule has 1 aliphatic heterocycles. The van der Waals surface area contributed by atoms with Gasteiger partial charge < -0.3 is 15.2 Å². The molecule has 132 valence electrons. The van der Waals surface area contributed by atoms with Crippen molar-refractivity contribution in [1.82, 2.24) is 14.9 Å². The molecule has 2 N–H and O–H groups in total. The molecule has 2 heterocycles. The summed E-state index contributed by atoms with van der Waals surface area (Å²) in [5, 5.41) is 5.81. The summed E-state index contributed by atoms with van der Waals surface area (Å²) in [7, 11) is 0. The third kappa shape index (κ3) is 3.73. The lowest BCUT2D eigenvalue weighted by Crippen LogP contribution is -2.34. The highest BCUT2D eigenvalue weighted by Gasteiger charge is 2.27. The maximum Gasteiger partial charge on any atom is 0.287 e. The number of benzene rings is 1. The van der Waals surface area contributed by atoms with E-state index in [1.807, 2.05) is 48.7 Å². The molecule has 2 aromatic rings. The highest BCUT2D eigenvalue weighted by atomic mass is 16.2. The Balaban J connectivity index is 1.89. The maximum atomic E-state index is 12.7. The molecule has 1 aromatic heterocycles. The predicted molar refractivity (Wildman–Crippen MR) is 96.8 cm³/mol. The Morgan fingerprint density at radius 2 is 1.96 bits per heavy atom. The Morgan fingerprint density at radius 1 is 1.20 bits per heavy atom. The van der Waals surface area contributed by atoms with Crippen LogP contribution in [-0.4, -0.2) is 27.4 Å². The second-order valence-corrected chi connectivity index (χ2v) is 6.44. The minimum absolute atomic E-state index is 0.0747. The Bertz CT molecular complexity index is 767. The largest absolute Gasteiger partial charge is 0.347 e. The first-order valence-corrected chi connectivity index (χ1v) is 8.86. The number of hydrogen-bond acceptors (Lipinski definition) is 3. The molecule has 6 heteroatoms. The van der Waals surface area contributed by atoms with Gasteiger partial charge in [0.05, 0.1) is 5.69 Å². The number of imidazole rings is 1. The second-order valence-electron chi connectivity index (χ2n) is 6.44. The zero-order valence-electron chi connectivity index (χ0n) is 14.7. The van der Waals surface area contributed by atoms with Crippen LogP contribution in [0.1, 0.15) is 59.9 Å². The van der Waals surface area contributed by atoms with Gasteiger partial charge >= 0.3 is 0 Å². The van der Waals surface area contributed by atoms with Crippen molar-refractivity contribution in [3.8, 4) is 0 Å². The van der Waals surface area contributed by atoms with Crippen LogP contribution in [0.5, 0.6) is 0 Å². The smallest absolute Gasteiger partial charge is 0.287 e. The number of para-hydroxylation sites is 1. The van der Waals surface area contributed by atoms with Crippen LogP contribution >= 0.6 is 0 Å². The normalized spacial score (nSPS) is 14.5. The lowest BCUT2D eigenvalue weighted by molar-refractivity contribution is 0.0923. The van der Waals surface area contributed by atoms with Crippen molar-refractivity contribution in [3.63, 3.8) is 0 Å². The first kappa shape index (κ1) is 17.2. The topological polar surface area (TPSA) is 76.0 Å². The van der Waals surface area contributed by atoms with Crippen molar-refractivity contribution in [1.29, 1.82) is 0 Å². The summed E-state index contributed by atoms with van der Waals surface area (Å²) < 4.78 is 1.90. The number of hydrogen-bond donors (Lipinski definition) is 2. The van der Waals surface area contributed by atoms with Crippen LogP contribution in [0.4, 0.5) is 5.69 Å². The van der Waals surface area contributed by atoms with Crippen LogP contribution in [0.3, 0.4) is 0 Å². The molecule has 1 unspecified atom stereocenters. The molecule has 0 saturated carbocycles. The number of aromatic nitrogens is 2. The van der Waals surface area contributed by atoms with E-state index in [0.29, 0.717) is 11.5 Å². The van der Waals surface area contributed by atoms with Crippen molar-refractivity contribution in [3.05, 3.63) is 47.5 Å². The van der Waals surface area contributed by atoms with E-state index in [4.69, 9.17) is 0 Å². The first-order valence-electron chi connectivity index (χ1n) is 8.86. The summed E-state index contributed by atoms with van der Waals surface area (Å²) in [6.45, 7) is 4.70. The standard InChI is InChI=1S/C19H24N4O2/c1-3-13(2)20-19(25)17-22-16(15-11-7-8-12-23(15)17)18(24)21-14-9-5-4-6-10-14/h4-6,9-10,13H,3,7-8,11-12H2,1-2H3,(H,20,25)(H,21,24). The lowest BCUT2D eigenvalue weighted by atomic mass is 10.1. The van der Waals surface area contributed by atoms with Crippen LogP contribution in [0, 0.1) is 0 Å². The average molecular weight is 340 g/mol. The van der Waals surface area contributed by atoms with E-state index >= 15 is 0 Å². The van der Waals surface area contributed by atoms with E-state index in [0.717, 1.165) is 43.6 Å². The van der Waals surface area contributed by atoms with Gasteiger partial charge in [0, 0.05) is 18.3 Å². The molecule has 0 aliphatic carbocycles. The Hall–Kier alpha value is -2.63. The summed E-state index contributed by atoms with van der Waals surface area (Å²) in [6, 6.07) is 9.36. The Kier molecular flexibility index (Phi) is 5.16. The van der Waals surface area contributed by atoms with E-state index in [-0.39, 0.29) is 17.9 Å². The first-order chi connectivity index (χ1) is 12.1. The highest BCUT2D eigenvalue weighted by Crippen LogP contribution is 2.22. The number of carbonyl (C=O) groups excluding carboxylic acids is 2. The summed E-state index contributed by atoms with van der Waals surface area (Å²) in [5.74, 6) is -0.135. The zero-order valence-corrected chi connectivity index (χ0v) is 14.7. The van der Waals surface area contributed by atoms with Gasteiger partial charge in [0.25, 0.3) is 11.8 Å². The predicted octanol–water partition coefficient (Wildman–Crippen LogP) is 3.00. The highest BCUT2D eigenvalue weighted by molar-refractivity contribution is 6.05. The minimum Gasteiger partial charge on any atom is -0.347 e. The van der Waals surface area contributed by atoms with Crippen molar-refractivity contribution in [2.45, 2.75) is 52.1 Å². The fraction of sp³-hybridized carbons (Fsp3) is 0.421. The Morgan fingerprint density at radius 3 is 2.68 bits per heavy atom. The van der Waals surface area contributed by atoms with Gasteiger partial charge in [0.2, 0.25) is 0 Å². The fourth-order valence-corrected chi connectivity index (χ4v) is 3.00. The minimum atomic E-state index is -0.264. The fourth-order valence-electron chi connectivity index (χ4n) is 3.00. The zero-order chi connectivity index (χ0) is 17.8. The SMILES string of the molecule is CCC(C)NC(=O)c1nc(C(=O)Nc2ccccc2)c2n1CCCC2. The number of amides is 2. The number of nitrogens with one attached hydrogen (secondary N) is 2. The van der Waals surface area contributed by atoms with E-state index in [9.17, 15) is 9.59 Å². The number of rotatable bonds is 5. The quantitative estimate of drug-likeness (QED) is 0.878. The summed E-state index contributed by atoms with van der Waals surface area (Å²) >= 11 is 0. The molecule has 0 saturated heterocycles. The molecule has 25 heavy (non-hydrogen) atoms. The molecule has 1 aliphatic rings. The van der Waals surface area contributed by atoms with E-state index in [2.05, 4.69) is 15.6 Å². The summed E-state index contributed by atoms with van der Waals surface area (Å²) in [4.78, 5) is 29.6. The molecule has 1 atom stereocenters. The molecule has 6 nitrogen and oxygen atoms in total. The van der Waals surface area contributed by atoms with Gasteiger partial charge in [-0.2, -0.15) is 0 Å². The van der Waals surface area contributed by atoms with Gasteiger partial charge in [0.1, 0.15) is 0 Å². The summed E-state index contributed by atoms with van der Waals surface area (Å²) in [6.07, 6.45) is 3.61. The van der Waals surface area contributed by atoms with Gasteiger partial charge in [-0.25, -0.2) is 4.98 Å². The molecule has 1 aromatic carbocycles. The van der Waals surface area contributed by atoms with Crippen LogP contribution in [0.25, 0.3) is 0 Å². The molecule has 2 amide bonds.